The third kappa shape index (κ3) is 6.10. The van der Waals surface area contributed by atoms with Gasteiger partial charge in [-0.05, 0) is 60.7 Å². The van der Waals surface area contributed by atoms with Crippen molar-refractivity contribution < 1.29 is 0 Å². The highest BCUT2D eigenvalue weighted by atomic mass is 14.8. The van der Waals surface area contributed by atoms with E-state index in [0.717, 1.165) is 90.1 Å². The van der Waals surface area contributed by atoms with E-state index in [4.69, 9.17) is 20.0 Å². The van der Waals surface area contributed by atoms with E-state index in [2.05, 4.69) is 82.8 Å². The van der Waals surface area contributed by atoms with Gasteiger partial charge in [0, 0.05) is 69.3 Å². The zero-order valence-corrected chi connectivity index (χ0v) is 28.0. The topological polar surface area (TPSA) is 76.3 Å². The predicted octanol–water partition coefficient (Wildman–Crippen LogP) is 10.6. The van der Waals surface area contributed by atoms with E-state index in [1.807, 2.05) is 84.9 Å². The summed E-state index contributed by atoms with van der Waals surface area (Å²) in [5.74, 6) is 0. The van der Waals surface area contributed by atoms with E-state index in [1.165, 1.54) is 0 Å². The van der Waals surface area contributed by atoms with E-state index in [0.29, 0.717) is 0 Å². The van der Waals surface area contributed by atoms with Crippen LogP contribution in [-0.2, 0) is 0 Å². The number of aliphatic imine (C=N–C) groups is 2. The fraction of sp³-hybridized carbons (Fsp3) is 0. The Morgan fingerprint density at radius 1 is 0.269 bits per heavy atom. The summed E-state index contributed by atoms with van der Waals surface area (Å²) < 4.78 is 0. The molecule has 0 fully saturated rings. The van der Waals surface area contributed by atoms with E-state index >= 15 is 0 Å². The molecule has 8 aromatic rings. The van der Waals surface area contributed by atoms with E-state index in [9.17, 15) is 0 Å². The molecule has 0 bridgehead atoms. The van der Waals surface area contributed by atoms with Crippen LogP contribution < -0.4 is 0 Å². The number of fused-ring (bicyclic) bond motifs is 2. The summed E-state index contributed by atoms with van der Waals surface area (Å²) in [4.78, 5) is 28.9. The van der Waals surface area contributed by atoms with Crippen molar-refractivity contribution in [1.29, 1.82) is 0 Å². The standard InChI is InChI=1S/C46H30N6/c1-3-9-43-37(7-1)45(35-19-15-31(16-20-35)39-11-5-13-41(49-39)33-23-27-47-28-24-33)52-44-10-4-2-8-38(44)46(51-43)36-21-17-32(18-22-36)40-12-6-14-42(50-40)34-25-29-48-30-26-34/h1-30H. The summed E-state index contributed by atoms with van der Waals surface area (Å²) in [6.45, 7) is 0. The van der Waals surface area contributed by atoms with Crippen molar-refractivity contribution in [2.24, 2.45) is 9.98 Å². The number of para-hydroxylation sites is 2. The van der Waals surface area contributed by atoms with Crippen molar-refractivity contribution in [3.8, 4) is 45.0 Å². The second kappa shape index (κ2) is 13.6. The van der Waals surface area contributed by atoms with Crippen molar-refractivity contribution >= 4 is 22.8 Å². The van der Waals surface area contributed by atoms with Gasteiger partial charge in [-0.2, -0.15) is 0 Å². The normalized spacial score (nSPS) is 12.1. The summed E-state index contributed by atoms with van der Waals surface area (Å²) in [7, 11) is 0. The van der Waals surface area contributed by atoms with Crippen LogP contribution in [0.3, 0.4) is 0 Å². The van der Waals surface area contributed by atoms with Crippen LogP contribution in [0.4, 0.5) is 11.4 Å². The van der Waals surface area contributed by atoms with Gasteiger partial charge in [0.2, 0.25) is 0 Å². The van der Waals surface area contributed by atoms with E-state index < -0.39 is 0 Å². The van der Waals surface area contributed by atoms with Crippen LogP contribution in [0.1, 0.15) is 22.3 Å². The highest BCUT2D eigenvalue weighted by Crippen LogP contribution is 2.34. The molecule has 0 amide bonds. The molecular formula is C46H30N6. The molecule has 244 valence electrons. The van der Waals surface area contributed by atoms with Gasteiger partial charge in [0.15, 0.2) is 0 Å². The third-order valence-corrected chi connectivity index (χ3v) is 9.14. The maximum absolute atomic E-state index is 5.35. The fourth-order valence-electron chi connectivity index (χ4n) is 6.50. The minimum atomic E-state index is 0.859. The van der Waals surface area contributed by atoms with Gasteiger partial charge < -0.3 is 0 Å². The molecule has 0 aliphatic carbocycles. The van der Waals surface area contributed by atoms with Crippen molar-refractivity contribution in [2.45, 2.75) is 0 Å². The van der Waals surface area contributed by atoms with Gasteiger partial charge in [0.25, 0.3) is 0 Å². The Bertz CT molecular complexity index is 2410. The first-order valence-electron chi connectivity index (χ1n) is 17.1. The quantitative estimate of drug-likeness (QED) is 0.177. The molecule has 0 saturated heterocycles. The Kier molecular flexibility index (Phi) is 8.08. The Morgan fingerprint density at radius 2 is 0.596 bits per heavy atom. The zero-order chi connectivity index (χ0) is 34.7. The van der Waals surface area contributed by atoms with Crippen LogP contribution in [0.5, 0.6) is 0 Å². The summed E-state index contributed by atoms with van der Waals surface area (Å²) in [6.07, 6.45) is 7.15. The molecular weight excluding hydrogens is 637 g/mol. The summed E-state index contributed by atoms with van der Waals surface area (Å²) in [6, 6.07) is 53.5. The molecule has 6 heteroatoms. The van der Waals surface area contributed by atoms with Crippen LogP contribution in [0.15, 0.2) is 192 Å². The molecule has 9 rings (SSSR count). The molecule has 52 heavy (non-hydrogen) atoms. The molecule has 5 heterocycles. The third-order valence-electron chi connectivity index (χ3n) is 9.14. The lowest BCUT2D eigenvalue weighted by Gasteiger charge is -2.18. The summed E-state index contributed by atoms with van der Waals surface area (Å²) >= 11 is 0. The average Bonchev–Trinajstić information content (AvgIpc) is 3.22. The van der Waals surface area contributed by atoms with Gasteiger partial charge in [-0.1, -0.05) is 97.1 Å². The SMILES string of the molecule is c1cc(-c2ccncc2)nc(-c2ccc(C3=Nc4ccccc4C(c4ccc(-c5cccc(-c6ccncc6)n5)cc4)=Nc4ccccc43)cc2)c1. The van der Waals surface area contributed by atoms with Gasteiger partial charge in [-0.15, -0.1) is 0 Å². The first-order chi connectivity index (χ1) is 25.8. The maximum atomic E-state index is 5.35. The molecule has 0 N–H and O–H groups in total. The molecule has 6 nitrogen and oxygen atoms in total. The molecule has 0 unspecified atom stereocenters. The van der Waals surface area contributed by atoms with Crippen LogP contribution in [0.2, 0.25) is 0 Å². The minimum absolute atomic E-state index is 0.859. The highest BCUT2D eigenvalue weighted by molar-refractivity contribution is 6.22. The second-order valence-electron chi connectivity index (χ2n) is 12.4. The molecule has 0 spiro atoms. The fourth-order valence-corrected chi connectivity index (χ4v) is 6.50. The number of benzene rings is 4. The molecule has 1 aliphatic rings. The Labute approximate surface area is 301 Å². The number of hydrogen-bond acceptors (Lipinski definition) is 6. The van der Waals surface area contributed by atoms with Gasteiger partial charge >= 0.3 is 0 Å². The van der Waals surface area contributed by atoms with Crippen molar-refractivity contribution in [2.75, 3.05) is 0 Å². The maximum Gasteiger partial charge on any atom is 0.0803 e. The Balaban J connectivity index is 1.07. The Hall–Kier alpha value is -7.18. The first-order valence-corrected chi connectivity index (χ1v) is 17.1. The molecule has 0 radical (unpaired) electrons. The number of hydrogen-bond donors (Lipinski definition) is 0. The largest absolute Gasteiger partial charge is 0.265 e. The van der Waals surface area contributed by atoms with Crippen LogP contribution in [0, 0.1) is 0 Å². The molecule has 0 atom stereocenters. The van der Waals surface area contributed by atoms with Crippen molar-refractivity contribution in [3.05, 3.63) is 205 Å². The van der Waals surface area contributed by atoms with Crippen LogP contribution in [0.25, 0.3) is 45.0 Å². The smallest absolute Gasteiger partial charge is 0.0803 e. The molecule has 1 aliphatic heterocycles. The van der Waals surface area contributed by atoms with Gasteiger partial charge in [-0.25, -0.2) is 20.0 Å². The van der Waals surface area contributed by atoms with Gasteiger partial charge in [0.05, 0.1) is 45.6 Å². The Morgan fingerprint density at radius 3 is 0.981 bits per heavy atom. The van der Waals surface area contributed by atoms with Gasteiger partial charge in [-0.3, -0.25) is 9.97 Å². The minimum Gasteiger partial charge on any atom is -0.265 e. The zero-order valence-electron chi connectivity index (χ0n) is 28.0. The van der Waals surface area contributed by atoms with Crippen molar-refractivity contribution in [3.63, 3.8) is 0 Å². The van der Waals surface area contributed by atoms with Crippen LogP contribution in [-0.4, -0.2) is 31.4 Å². The molecule has 4 aromatic heterocycles. The predicted molar refractivity (Wildman–Crippen MR) is 209 cm³/mol. The number of aromatic nitrogens is 4. The van der Waals surface area contributed by atoms with Crippen LogP contribution >= 0.6 is 0 Å². The van der Waals surface area contributed by atoms with Crippen molar-refractivity contribution in [1.82, 2.24) is 19.9 Å². The number of nitrogens with zero attached hydrogens (tertiary/aromatic N) is 6. The van der Waals surface area contributed by atoms with Gasteiger partial charge in [0.1, 0.15) is 0 Å². The molecule has 4 aromatic carbocycles. The number of pyridine rings is 4. The summed E-state index contributed by atoms with van der Waals surface area (Å²) in [5.41, 5.74) is 15.2. The summed E-state index contributed by atoms with van der Waals surface area (Å²) in [5, 5.41) is 0. The number of rotatable bonds is 6. The van der Waals surface area contributed by atoms with E-state index in [1.54, 1.807) is 24.8 Å². The highest BCUT2D eigenvalue weighted by Gasteiger charge is 2.20. The average molecular weight is 667 g/mol. The monoisotopic (exact) mass is 666 g/mol. The second-order valence-corrected chi connectivity index (χ2v) is 12.4. The first kappa shape index (κ1) is 30.8. The lowest BCUT2D eigenvalue weighted by Crippen LogP contribution is -2.10. The van der Waals surface area contributed by atoms with E-state index in [-0.39, 0.29) is 0 Å². The molecule has 0 saturated carbocycles. The lowest BCUT2D eigenvalue weighted by molar-refractivity contribution is 1.29. The lowest BCUT2D eigenvalue weighted by atomic mass is 9.95.